The molecule has 1 fully saturated rings. The molecule has 1 unspecified atom stereocenters. The Hall–Kier alpha value is -2.15. The zero-order valence-corrected chi connectivity index (χ0v) is 18.5. The highest BCUT2D eigenvalue weighted by Crippen LogP contribution is 2.44. The molecule has 0 N–H and O–H groups in total. The van der Waals surface area contributed by atoms with Crippen LogP contribution in [0.25, 0.3) is 10.9 Å². The summed E-state index contributed by atoms with van der Waals surface area (Å²) in [7, 11) is 0.540. The second-order valence-electron chi connectivity index (χ2n) is 8.98. The summed E-state index contributed by atoms with van der Waals surface area (Å²) in [6, 6.07) is 13.9. The van der Waals surface area contributed by atoms with Gasteiger partial charge in [-0.1, -0.05) is 29.8 Å². The molecule has 1 aliphatic carbocycles. The summed E-state index contributed by atoms with van der Waals surface area (Å²) in [6.07, 6.45) is 4.26. The molecule has 0 radical (unpaired) electrons. The van der Waals surface area contributed by atoms with Gasteiger partial charge in [0.25, 0.3) is 10.1 Å². The van der Waals surface area contributed by atoms with E-state index in [2.05, 4.69) is 48.0 Å². The Labute approximate surface area is 178 Å². The molecule has 1 aliphatic heterocycles. The monoisotopic (exact) mass is 424 g/mol. The fourth-order valence-corrected chi connectivity index (χ4v) is 6.39. The summed E-state index contributed by atoms with van der Waals surface area (Å²) < 4.78 is 33.0. The van der Waals surface area contributed by atoms with Crippen LogP contribution in [0.5, 0.6) is 0 Å². The van der Waals surface area contributed by atoms with Gasteiger partial charge < -0.3 is 9.47 Å². The molecule has 0 amide bonds. The number of aromatic nitrogens is 1. The van der Waals surface area contributed by atoms with Gasteiger partial charge in [-0.15, -0.1) is 0 Å². The number of benzene rings is 2. The normalized spacial score (nSPS) is 24.2. The predicted octanol–water partition coefficient (Wildman–Crippen LogP) is 3.85. The summed E-state index contributed by atoms with van der Waals surface area (Å²) in [4.78, 5) is 2.63. The van der Waals surface area contributed by atoms with E-state index in [-0.39, 0.29) is 17.4 Å². The van der Waals surface area contributed by atoms with Crippen molar-refractivity contribution < 1.29 is 12.6 Å². The number of fused-ring (bicyclic) bond motifs is 2. The molecule has 30 heavy (non-hydrogen) atoms. The van der Waals surface area contributed by atoms with E-state index in [0.717, 1.165) is 24.9 Å². The van der Waals surface area contributed by atoms with Crippen molar-refractivity contribution >= 4 is 21.0 Å². The predicted molar refractivity (Wildman–Crippen MR) is 118 cm³/mol. The van der Waals surface area contributed by atoms with Crippen molar-refractivity contribution in [2.45, 2.75) is 36.6 Å². The third-order valence-corrected chi connectivity index (χ3v) is 8.18. The van der Waals surface area contributed by atoms with Crippen LogP contribution in [-0.2, 0) is 27.8 Å². The Balaban J connectivity index is 1.38. The smallest absolute Gasteiger partial charge is 0.296 e. The Bertz CT molecular complexity index is 1200. The standard InChI is InChI=1S/C24H28N2O3S/c1-16-7-9-19(10-8-16)30(27,28)29-15-17-11-21-20-5-4-6-22-24(20)18(14-26(22)3)12-23(21)25(2)13-17/h4-10,14,17,21,23H,11-13,15H2,1-3H3/t17-,21?,23-/m1/s1. The van der Waals surface area contributed by atoms with Crippen LogP contribution in [0.2, 0.25) is 0 Å². The lowest BCUT2D eigenvalue weighted by molar-refractivity contribution is 0.0854. The maximum atomic E-state index is 12.6. The van der Waals surface area contributed by atoms with Crippen LogP contribution in [0, 0.1) is 12.8 Å². The van der Waals surface area contributed by atoms with E-state index in [9.17, 15) is 8.42 Å². The zero-order valence-electron chi connectivity index (χ0n) is 17.7. The van der Waals surface area contributed by atoms with Crippen LogP contribution in [-0.4, -0.2) is 44.1 Å². The Morgan fingerprint density at radius 2 is 1.87 bits per heavy atom. The molecule has 2 heterocycles. The molecule has 158 valence electrons. The third-order valence-electron chi connectivity index (χ3n) is 6.89. The van der Waals surface area contributed by atoms with Gasteiger partial charge in [0.1, 0.15) is 0 Å². The highest BCUT2D eigenvalue weighted by molar-refractivity contribution is 7.86. The van der Waals surface area contributed by atoms with Gasteiger partial charge in [-0.25, -0.2) is 0 Å². The lowest BCUT2D eigenvalue weighted by atomic mass is 9.72. The summed E-state index contributed by atoms with van der Waals surface area (Å²) >= 11 is 0. The van der Waals surface area contributed by atoms with Crippen LogP contribution in [0.4, 0.5) is 0 Å². The lowest BCUT2D eigenvalue weighted by Crippen LogP contribution is -2.48. The second-order valence-corrected chi connectivity index (χ2v) is 10.6. The van der Waals surface area contributed by atoms with Crippen LogP contribution >= 0.6 is 0 Å². The van der Waals surface area contributed by atoms with Gasteiger partial charge in [-0.05, 0) is 62.1 Å². The molecule has 5 rings (SSSR count). The molecule has 6 heteroatoms. The average molecular weight is 425 g/mol. The molecule has 0 bridgehead atoms. The first-order valence-electron chi connectivity index (χ1n) is 10.6. The molecule has 1 aromatic heterocycles. The Kier molecular flexibility index (Phi) is 4.76. The number of hydrogen-bond acceptors (Lipinski definition) is 4. The average Bonchev–Trinajstić information content (AvgIpc) is 3.05. The Morgan fingerprint density at radius 1 is 1.10 bits per heavy atom. The van der Waals surface area contributed by atoms with Crippen LogP contribution in [0.1, 0.15) is 29.0 Å². The number of rotatable bonds is 4. The molecule has 3 atom stereocenters. The summed E-state index contributed by atoms with van der Waals surface area (Å²) in [5.41, 5.74) is 5.13. The first-order chi connectivity index (χ1) is 14.3. The topological polar surface area (TPSA) is 51.5 Å². The van der Waals surface area contributed by atoms with Crippen molar-refractivity contribution in [2.24, 2.45) is 13.0 Å². The number of likely N-dealkylation sites (tertiary alicyclic amines) is 1. The maximum absolute atomic E-state index is 12.6. The molecular weight excluding hydrogens is 396 g/mol. The number of likely N-dealkylation sites (N-methyl/N-ethyl adjacent to an activating group) is 1. The van der Waals surface area contributed by atoms with Crippen molar-refractivity contribution in [3.05, 3.63) is 65.4 Å². The highest BCUT2D eigenvalue weighted by atomic mass is 32.2. The van der Waals surface area contributed by atoms with E-state index in [4.69, 9.17) is 4.18 Å². The van der Waals surface area contributed by atoms with Gasteiger partial charge in [0.05, 0.1) is 11.5 Å². The molecule has 2 aliphatic rings. The minimum Gasteiger partial charge on any atom is -0.350 e. The maximum Gasteiger partial charge on any atom is 0.296 e. The van der Waals surface area contributed by atoms with Gasteiger partial charge in [-0.3, -0.25) is 4.18 Å². The largest absolute Gasteiger partial charge is 0.350 e. The lowest BCUT2D eigenvalue weighted by Gasteiger charge is -2.45. The number of aryl methyl sites for hydroxylation is 2. The van der Waals surface area contributed by atoms with E-state index in [1.54, 1.807) is 24.3 Å². The summed E-state index contributed by atoms with van der Waals surface area (Å²) in [5.74, 6) is 0.579. The fraction of sp³-hybridized carbons (Fsp3) is 0.417. The van der Waals surface area contributed by atoms with E-state index in [1.165, 1.54) is 22.0 Å². The first-order valence-corrected chi connectivity index (χ1v) is 12.0. The molecule has 0 spiro atoms. The van der Waals surface area contributed by atoms with E-state index in [1.807, 2.05) is 6.92 Å². The summed E-state index contributed by atoms with van der Waals surface area (Å²) in [6.45, 7) is 3.01. The highest BCUT2D eigenvalue weighted by Gasteiger charge is 2.40. The van der Waals surface area contributed by atoms with Crippen molar-refractivity contribution in [3.63, 3.8) is 0 Å². The van der Waals surface area contributed by atoms with Gasteiger partial charge in [0.15, 0.2) is 0 Å². The second kappa shape index (κ2) is 7.22. The minimum atomic E-state index is -3.73. The Morgan fingerprint density at radius 3 is 2.63 bits per heavy atom. The van der Waals surface area contributed by atoms with E-state index in [0.29, 0.717) is 12.0 Å². The van der Waals surface area contributed by atoms with Gasteiger partial charge in [0, 0.05) is 42.7 Å². The quantitative estimate of drug-likeness (QED) is 0.597. The number of hydrogen-bond donors (Lipinski definition) is 0. The van der Waals surface area contributed by atoms with Crippen molar-refractivity contribution in [1.82, 2.24) is 9.47 Å². The van der Waals surface area contributed by atoms with Crippen molar-refractivity contribution in [2.75, 3.05) is 20.2 Å². The van der Waals surface area contributed by atoms with Crippen LogP contribution < -0.4 is 0 Å². The summed E-state index contributed by atoms with van der Waals surface area (Å²) in [5, 5.41) is 1.39. The fourth-order valence-electron chi connectivity index (χ4n) is 5.41. The number of nitrogens with zero attached hydrogens (tertiary/aromatic N) is 2. The number of piperidine rings is 1. The molecule has 5 nitrogen and oxygen atoms in total. The van der Waals surface area contributed by atoms with Crippen molar-refractivity contribution in [1.29, 1.82) is 0 Å². The van der Waals surface area contributed by atoms with Gasteiger partial charge in [0.2, 0.25) is 0 Å². The van der Waals surface area contributed by atoms with E-state index < -0.39 is 10.1 Å². The SMILES string of the molecule is Cc1ccc(S(=O)(=O)OC[C@@H]2CC3c4cccc5c4c(cn5C)C[C@H]3N(C)C2)cc1. The molecular formula is C24H28N2O3S. The van der Waals surface area contributed by atoms with Gasteiger partial charge in [-0.2, -0.15) is 8.42 Å². The van der Waals surface area contributed by atoms with E-state index >= 15 is 0 Å². The third kappa shape index (κ3) is 3.27. The van der Waals surface area contributed by atoms with Crippen LogP contribution in [0.15, 0.2) is 53.6 Å². The zero-order chi connectivity index (χ0) is 21.0. The molecule has 0 saturated carbocycles. The molecule has 3 aromatic rings. The minimum absolute atomic E-state index is 0.178. The van der Waals surface area contributed by atoms with Crippen molar-refractivity contribution in [3.8, 4) is 0 Å². The van der Waals surface area contributed by atoms with Gasteiger partial charge >= 0.3 is 0 Å². The first kappa shape index (κ1) is 19.8. The molecule has 1 saturated heterocycles. The molecule has 2 aromatic carbocycles. The van der Waals surface area contributed by atoms with Crippen LogP contribution in [0.3, 0.4) is 0 Å².